The van der Waals surface area contributed by atoms with E-state index in [9.17, 15) is 9.59 Å². The number of nitrogens with one attached hydrogen (secondary N) is 2. The van der Waals surface area contributed by atoms with E-state index < -0.39 is 0 Å². The number of hydrazine groups is 1. The Morgan fingerprint density at radius 3 is 2.80 bits per heavy atom. The van der Waals surface area contributed by atoms with Crippen LogP contribution >= 0.6 is 0 Å². The van der Waals surface area contributed by atoms with E-state index in [-0.39, 0.29) is 35.7 Å². The van der Waals surface area contributed by atoms with E-state index in [1.807, 2.05) is 30.3 Å². The summed E-state index contributed by atoms with van der Waals surface area (Å²) in [5.41, 5.74) is 6.46. The van der Waals surface area contributed by atoms with Crippen LogP contribution in [0.3, 0.4) is 0 Å². The maximum atomic E-state index is 12.4. The first-order valence-corrected chi connectivity index (χ1v) is 7.05. The van der Waals surface area contributed by atoms with Gasteiger partial charge in [-0.05, 0) is 30.9 Å². The minimum atomic E-state index is -0.234. The van der Waals surface area contributed by atoms with Crippen LogP contribution in [0.4, 0.5) is 5.69 Å². The van der Waals surface area contributed by atoms with E-state index in [0.717, 1.165) is 18.5 Å². The van der Waals surface area contributed by atoms with Gasteiger partial charge in [-0.1, -0.05) is 18.2 Å². The number of para-hydroxylation sites is 1. The van der Waals surface area contributed by atoms with Crippen LogP contribution < -0.4 is 10.9 Å². The van der Waals surface area contributed by atoms with Crippen LogP contribution in [0.25, 0.3) is 0 Å². The Hall–Kier alpha value is -2.04. The second-order valence-electron chi connectivity index (χ2n) is 5.90. The maximum absolute atomic E-state index is 12.4. The third-order valence-corrected chi connectivity index (χ3v) is 4.89. The normalized spacial score (nSPS) is 36.8. The number of rotatable bonds is 3. The molecule has 3 aliphatic rings. The van der Waals surface area contributed by atoms with Gasteiger partial charge in [0.15, 0.2) is 0 Å². The molecule has 2 N–H and O–H groups in total. The number of ether oxygens (including phenoxy) is 1. The van der Waals surface area contributed by atoms with Crippen molar-refractivity contribution in [1.82, 2.24) is 5.43 Å². The first-order chi connectivity index (χ1) is 9.74. The van der Waals surface area contributed by atoms with Crippen molar-refractivity contribution in [2.24, 2.45) is 23.7 Å². The topological polar surface area (TPSA) is 67.4 Å². The predicted octanol–water partition coefficient (Wildman–Crippen LogP) is 1.33. The first-order valence-electron chi connectivity index (χ1n) is 7.05. The van der Waals surface area contributed by atoms with Crippen molar-refractivity contribution in [3.8, 4) is 0 Å². The number of carbonyl (C=O) groups excluding carboxylic acids is 2. The van der Waals surface area contributed by atoms with Gasteiger partial charge in [-0.25, -0.2) is 0 Å². The van der Waals surface area contributed by atoms with Gasteiger partial charge >= 0.3 is 5.97 Å². The van der Waals surface area contributed by atoms with Crippen LogP contribution in [0.5, 0.6) is 0 Å². The van der Waals surface area contributed by atoms with Crippen LogP contribution in [0, 0.1) is 23.7 Å². The Morgan fingerprint density at radius 1 is 1.20 bits per heavy atom. The fraction of sp³-hybridized carbons (Fsp3) is 0.467. The van der Waals surface area contributed by atoms with Gasteiger partial charge in [0.05, 0.1) is 17.5 Å². The van der Waals surface area contributed by atoms with Crippen LogP contribution in [-0.4, -0.2) is 18.0 Å². The fourth-order valence-electron chi connectivity index (χ4n) is 4.10. The summed E-state index contributed by atoms with van der Waals surface area (Å²) in [7, 11) is 0. The minimum absolute atomic E-state index is 0.0728. The summed E-state index contributed by atoms with van der Waals surface area (Å²) in [6, 6.07) is 9.45. The van der Waals surface area contributed by atoms with Crippen molar-refractivity contribution in [2.75, 3.05) is 5.43 Å². The standard InChI is InChI=1S/C15H16N2O3/c18-14(17-16-9-4-2-1-3-5-9)12-8-6-10-11(7-8)20-15(19)13(10)12/h1-5,8,10-13,16H,6-7H2,(H,17,18)/t8-,10+,11-,12-,13+/m1/s1. The van der Waals surface area contributed by atoms with Crippen molar-refractivity contribution in [2.45, 2.75) is 18.9 Å². The van der Waals surface area contributed by atoms with E-state index in [2.05, 4.69) is 10.9 Å². The number of anilines is 1. The van der Waals surface area contributed by atoms with Crippen LogP contribution in [-0.2, 0) is 14.3 Å². The molecule has 5 atom stereocenters. The molecule has 2 saturated carbocycles. The van der Waals surface area contributed by atoms with Crippen molar-refractivity contribution in [3.05, 3.63) is 30.3 Å². The van der Waals surface area contributed by atoms with Gasteiger partial charge in [-0.3, -0.25) is 20.4 Å². The summed E-state index contributed by atoms with van der Waals surface area (Å²) in [6.07, 6.45) is 1.87. The van der Waals surface area contributed by atoms with E-state index in [1.165, 1.54) is 0 Å². The van der Waals surface area contributed by atoms with Gasteiger partial charge in [0.1, 0.15) is 6.10 Å². The van der Waals surface area contributed by atoms with E-state index >= 15 is 0 Å². The molecule has 20 heavy (non-hydrogen) atoms. The molecule has 1 saturated heterocycles. The smallest absolute Gasteiger partial charge is 0.310 e. The zero-order chi connectivity index (χ0) is 13.7. The molecule has 2 bridgehead atoms. The third-order valence-electron chi connectivity index (χ3n) is 4.89. The molecule has 0 spiro atoms. The molecule has 1 aliphatic heterocycles. The number of esters is 1. The highest BCUT2D eigenvalue weighted by Crippen LogP contribution is 2.57. The largest absolute Gasteiger partial charge is 0.462 e. The zero-order valence-electron chi connectivity index (χ0n) is 10.9. The summed E-state index contributed by atoms with van der Waals surface area (Å²) in [6.45, 7) is 0. The molecule has 3 fully saturated rings. The average molecular weight is 272 g/mol. The summed E-state index contributed by atoms with van der Waals surface area (Å²) < 4.78 is 5.34. The number of fused-ring (bicyclic) bond motifs is 1. The number of benzene rings is 1. The Balaban J connectivity index is 1.46. The molecule has 5 nitrogen and oxygen atoms in total. The average Bonchev–Trinajstić information content (AvgIpc) is 3.07. The molecule has 1 heterocycles. The quantitative estimate of drug-likeness (QED) is 0.643. The molecular formula is C15H16N2O3. The van der Waals surface area contributed by atoms with Crippen LogP contribution in [0.15, 0.2) is 30.3 Å². The van der Waals surface area contributed by atoms with Gasteiger partial charge in [-0.15, -0.1) is 0 Å². The van der Waals surface area contributed by atoms with Gasteiger partial charge in [0, 0.05) is 5.92 Å². The molecule has 1 aromatic rings. The molecule has 0 radical (unpaired) electrons. The maximum Gasteiger partial charge on any atom is 0.310 e. The van der Waals surface area contributed by atoms with Crippen molar-refractivity contribution in [3.63, 3.8) is 0 Å². The predicted molar refractivity (Wildman–Crippen MR) is 71.3 cm³/mol. The number of amides is 1. The minimum Gasteiger partial charge on any atom is -0.462 e. The lowest BCUT2D eigenvalue weighted by molar-refractivity contribution is -0.145. The summed E-state index contributed by atoms with van der Waals surface area (Å²) in [5, 5.41) is 0. The Morgan fingerprint density at radius 2 is 2.00 bits per heavy atom. The molecule has 4 rings (SSSR count). The SMILES string of the molecule is O=C(NNc1ccccc1)[C@@H]1[C@@H]2C[C@@H]3[C@@H]1C(=O)O[C@@H]3C2. The summed E-state index contributed by atoms with van der Waals surface area (Å²) in [5.74, 6) is -0.179. The lowest BCUT2D eigenvalue weighted by Gasteiger charge is -2.23. The number of hydrogen-bond donors (Lipinski definition) is 2. The lowest BCUT2D eigenvalue weighted by atomic mass is 9.79. The fourth-order valence-corrected chi connectivity index (χ4v) is 4.10. The van der Waals surface area contributed by atoms with Gasteiger partial charge in [0.25, 0.3) is 0 Å². The van der Waals surface area contributed by atoms with Gasteiger partial charge in [0.2, 0.25) is 5.91 Å². The van der Waals surface area contributed by atoms with E-state index in [1.54, 1.807) is 0 Å². The van der Waals surface area contributed by atoms with Gasteiger partial charge in [-0.2, -0.15) is 0 Å². The van der Waals surface area contributed by atoms with E-state index in [0.29, 0.717) is 5.92 Å². The number of carbonyl (C=O) groups is 2. The first kappa shape index (κ1) is 11.8. The second-order valence-corrected chi connectivity index (χ2v) is 5.90. The highest BCUT2D eigenvalue weighted by molar-refractivity contribution is 5.89. The number of hydrogen-bond acceptors (Lipinski definition) is 4. The highest BCUT2D eigenvalue weighted by Gasteiger charge is 2.63. The molecule has 0 unspecified atom stereocenters. The Labute approximate surface area is 116 Å². The van der Waals surface area contributed by atoms with Crippen LogP contribution in [0.2, 0.25) is 0 Å². The molecule has 0 aromatic heterocycles. The molecule has 104 valence electrons. The summed E-state index contributed by atoms with van der Waals surface area (Å²) >= 11 is 0. The van der Waals surface area contributed by atoms with Crippen molar-refractivity contribution < 1.29 is 14.3 Å². The van der Waals surface area contributed by atoms with Crippen molar-refractivity contribution in [1.29, 1.82) is 0 Å². The van der Waals surface area contributed by atoms with Crippen LogP contribution in [0.1, 0.15) is 12.8 Å². The molecule has 2 aliphatic carbocycles. The summed E-state index contributed by atoms with van der Waals surface area (Å²) in [4.78, 5) is 24.2. The van der Waals surface area contributed by atoms with Gasteiger partial charge < -0.3 is 4.74 Å². The molecule has 1 amide bonds. The van der Waals surface area contributed by atoms with E-state index in [4.69, 9.17) is 4.74 Å². The van der Waals surface area contributed by atoms with Crippen molar-refractivity contribution >= 4 is 17.6 Å². The Bertz CT molecular complexity index is 557. The molecule has 5 heteroatoms. The highest BCUT2D eigenvalue weighted by atomic mass is 16.6. The molecular weight excluding hydrogens is 256 g/mol. The monoisotopic (exact) mass is 272 g/mol. The lowest BCUT2D eigenvalue weighted by Crippen LogP contribution is -2.42. The third kappa shape index (κ3) is 1.62. The second kappa shape index (κ2) is 4.23. The Kier molecular flexibility index (Phi) is 2.49. The molecule has 1 aromatic carbocycles. The zero-order valence-corrected chi connectivity index (χ0v) is 10.9.